The van der Waals surface area contributed by atoms with Crippen molar-refractivity contribution in [2.75, 3.05) is 5.32 Å². The number of nitrogens with one attached hydrogen (secondary N) is 1. The maximum Gasteiger partial charge on any atom is 0.257 e. The summed E-state index contributed by atoms with van der Waals surface area (Å²) in [5, 5.41) is 2.85. The number of fused-ring (bicyclic) bond motifs is 1. The number of nitrogens with zero attached hydrogens (tertiary/aromatic N) is 2. The second kappa shape index (κ2) is 5.99. The highest BCUT2D eigenvalue weighted by Gasteiger charge is 2.20. The molecule has 0 saturated carbocycles. The van der Waals surface area contributed by atoms with Crippen LogP contribution in [-0.2, 0) is 24.2 Å². The van der Waals surface area contributed by atoms with Crippen LogP contribution < -0.4 is 10.9 Å². The van der Waals surface area contributed by atoms with E-state index in [0.717, 1.165) is 41.8 Å². The largest absolute Gasteiger partial charge is 0.325 e. The van der Waals surface area contributed by atoms with E-state index in [1.807, 2.05) is 32.0 Å². The molecule has 1 aromatic carbocycles. The molecule has 0 aliphatic heterocycles. The average Bonchev–Trinajstić information content (AvgIpc) is 2.95. The van der Waals surface area contributed by atoms with Gasteiger partial charge in [-0.2, -0.15) is 0 Å². The number of carbonyl (C=O) groups excluding carboxylic acids is 1. The summed E-state index contributed by atoms with van der Waals surface area (Å²) in [5.74, 6) is 0.393. The van der Waals surface area contributed by atoms with E-state index in [-0.39, 0.29) is 18.0 Å². The van der Waals surface area contributed by atoms with Gasteiger partial charge in [0.1, 0.15) is 12.4 Å². The summed E-state index contributed by atoms with van der Waals surface area (Å²) in [6.07, 6.45) is 2.59. The number of carbonyl (C=O) groups is 1. The highest BCUT2D eigenvalue weighted by molar-refractivity contribution is 5.90. The Bertz CT molecular complexity index is 837. The molecule has 0 atom stereocenters. The zero-order valence-corrected chi connectivity index (χ0v) is 13.8. The first kappa shape index (κ1) is 15.5. The predicted octanol–water partition coefficient (Wildman–Crippen LogP) is 2.30. The number of aryl methyl sites for hydroxylation is 4. The zero-order valence-electron chi connectivity index (χ0n) is 13.8. The van der Waals surface area contributed by atoms with Gasteiger partial charge < -0.3 is 5.32 Å². The Morgan fingerprint density at radius 2 is 2.00 bits per heavy atom. The topological polar surface area (TPSA) is 64.0 Å². The van der Waals surface area contributed by atoms with E-state index in [4.69, 9.17) is 0 Å². The van der Waals surface area contributed by atoms with Crippen LogP contribution in [-0.4, -0.2) is 15.5 Å². The Morgan fingerprint density at radius 1 is 1.22 bits per heavy atom. The molecular formula is C18H21N3O2. The number of anilines is 1. The Kier molecular flexibility index (Phi) is 4.03. The third-order valence-corrected chi connectivity index (χ3v) is 4.47. The summed E-state index contributed by atoms with van der Waals surface area (Å²) >= 11 is 0. The lowest BCUT2D eigenvalue weighted by Gasteiger charge is -2.12. The normalized spacial score (nSPS) is 13.0. The van der Waals surface area contributed by atoms with Gasteiger partial charge in [-0.15, -0.1) is 0 Å². The summed E-state index contributed by atoms with van der Waals surface area (Å²) in [7, 11) is 0. The van der Waals surface area contributed by atoms with Crippen LogP contribution in [0, 0.1) is 20.8 Å². The van der Waals surface area contributed by atoms with Gasteiger partial charge in [-0.3, -0.25) is 14.2 Å². The Balaban J connectivity index is 1.81. The number of rotatable bonds is 3. The van der Waals surface area contributed by atoms with Crippen LogP contribution >= 0.6 is 0 Å². The zero-order chi connectivity index (χ0) is 16.6. The molecule has 23 heavy (non-hydrogen) atoms. The van der Waals surface area contributed by atoms with Gasteiger partial charge in [0, 0.05) is 11.3 Å². The van der Waals surface area contributed by atoms with Crippen molar-refractivity contribution in [3.8, 4) is 0 Å². The highest BCUT2D eigenvalue weighted by Crippen LogP contribution is 2.17. The number of amides is 1. The van der Waals surface area contributed by atoms with Crippen molar-refractivity contribution in [1.82, 2.24) is 9.55 Å². The fourth-order valence-electron chi connectivity index (χ4n) is 3.00. The molecule has 120 valence electrons. The smallest absolute Gasteiger partial charge is 0.257 e. The lowest BCUT2D eigenvalue weighted by Crippen LogP contribution is -2.32. The molecule has 0 spiro atoms. The van der Waals surface area contributed by atoms with Crippen LogP contribution in [0.15, 0.2) is 23.0 Å². The molecule has 1 aromatic heterocycles. The first-order valence-electron chi connectivity index (χ1n) is 7.92. The summed E-state index contributed by atoms with van der Waals surface area (Å²) in [6, 6.07) is 5.78. The van der Waals surface area contributed by atoms with Gasteiger partial charge in [0.25, 0.3) is 5.56 Å². The molecule has 0 radical (unpaired) electrons. The van der Waals surface area contributed by atoms with E-state index in [9.17, 15) is 9.59 Å². The van der Waals surface area contributed by atoms with Crippen molar-refractivity contribution in [2.45, 2.75) is 46.6 Å². The van der Waals surface area contributed by atoms with E-state index in [2.05, 4.69) is 10.3 Å². The Morgan fingerprint density at radius 3 is 2.74 bits per heavy atom. The Hall–Kier alpha value is -2.43. The maximum atomic E-state index is 12.5. The van der Waals surface area contributed by atoms with Crippen molar-refractivity contribution >= 4 is 11.6 Å². The van der Waals surface area contributed by atoms with Crippen molar-refractivity contribution in [3.63, 3.8) is 0 Å². The molecule has 3 rings (SSSR count). The Labute approximate surface area is 135 Å². The minimum absolute atomic E-state index is 0.00211. The number of hydrogen-bond donors (Lipinski definition) is 1. The van der Waals surface area contributed by atoms with Gasteiger partial charge >= 0.3 is 0 Å². The van der Waals surface area contributed by atoms with E-state index in [1.165, 1.54) is 10.1 Å². The summed E-state index contributed by atoms with van der Waals surface area (Å²) in [6.45, 7) is 5.81. The van der Waals surface area contributed by atoms with Gasteiger partial charge in [0.05, 0.1) is 5.69 Å². The van der Waals surface area contributed by atoms with Crippen LogP contribution in [0.3, 0.4) is 0 Å². The van der Waals surface area contributed by atoms with Gasteiger partial charge in [-0.1, -0.05) is 6.07 Å². The SMILES string of the molecule is Cc1ccc(NC(=O)Cn2c(C)nc3c(c2=O)CCC3)cc1C. The molecule has 0 bridgehead atoms. The van der Waals surface area contributed by atoms with Crippen molar-refractivity contribution in [1.29, 1.82) is 0 Å². The minimum Gasteiger partial charge on any atom is -0.325 e. The fraction of sp³-hybridized carbons (Fsp3) is 0.389. The molecule has 5 nitrogen and oxygen atoms in total. The summed E-state index contributed by atoms with van der Waals surface area (Å²) < 4.78 is 1.47. The second-order valence-corrected chi connectivity index (χ2v) is 6.18. The lowest BCUT2D eigenvalue weighted by molar-refractivity contribution is -0.116. The quantitative estimate of drug-likeness (QED) is 0.946. The molecule has 0 saturated heterocycles. The first-order valence-corrected chi connectivity index (χ1v) is 7.92. The number of benzene rings is 1. The molecule has 2 aromatic rings. The third kappa shape index (κ3) is 3.04. The van der Waals surface area contributed by atoms with E-state index < -0.39 is 0 Å². The van der Waals surface area contributed by atoms with Crippen molar-refractivity contribution in [3.05, 3.63) is 56.8 Å². The van der Waals surface area contributed by atoms with Crippen LogP contribution in [0.25, 0.3) is 0 Å². The fourth-order valence-corrected chi connectivity index (χ4v) is 3.00. The monoisotopic (exact) mass is 311 g/mol. The molecule has 0 unspecified atom stereocenters. The van der Waals surface area contributed by atoms with Crippen LogP contribution in [0.2, 0.25) is 0 Å². The van der Waals surface area contributed by atoms with E-state index in [1.54, 1.807) is 6.92 Å². The minimum atomic E-state index is -0.210. The van der Waals surface area contributed by atoms with Crippen LogP contribution in [0.5, 0.6) is 0 Å². The predicted molar refractivity (Wildman–Crippen MR) is 89.8 cm³/mol. The highest BCUT2D eigenvalue weighted by atomic mass is 16.2. The molecule has 1 heterocycles. The molecule has 1 aliphatic carbocycles. The molecule has 1 N–H and O–H groups in total. The average molecular weight is 311 g/mol. The molecular weight excluding hydrogens is 290 g/mol. The summed E-state index contributed by atoms with van der Waals surface area (Å²) in [5.41, 5.74) is 4.65. The number of aromatic nitrogens is 2. The standard InChI is InChI=1S/C18H21N3O2/c1-11-7-8-14(9-12(11)2)20-17(22)10-21-13(3)19-16-6-4-5-15(16)18(21)23/h7-9H,4-6,10H2,1-3H3,(H,20,22). The molecule has 0 fully saturated rings. The van der Waals surface area contributed by atoms with Gasteiger partial charge in [0.15, 0.2) is 0 Å². The van der Waals surface area contributed by atoms with Crippen molar-refractivity contribution < 1.29 is 4.79 Å². The molecule has 1 aliphatic rings. The second-order valence-electron chi connectivity index (χ2n) is 6.18. The van der Waals surface area contributed by atoms with Gasteiger partial charge in [0.2, 0.25) is 5.91 Å². The van der Waals surface area contributed by atoms with Gasteiger partial charge in [-0.25, -0.2) is 4.98 Å². The van der Waals surface area contributed by atoms with Crippen molar-refractivity contribution in [2.24, 2.45) is 0 Å². The maximum absolute atomic E-state index is 12.5. The first-order chi connectivity index (χ1) is 11.0. The lowest BCUT2D eigenvalue weighted by atomic mass is 10.1. The molecule has 1 amide bonds. The summed E-state index contributed by atoms with van der Waals surface area (Å²) in [4.78, 5) is 29.3. The van der Waals surface area contributed by atoms with Gasteiger partial charge in [-0.05, 0) is 63.3 Å². The van der Waals surface area contributed by atoms with Crippen LogP contribution in [0.1, 0.15) is 34.6 Å². The van der Waals surface area contributed by atoms with E-state index in [0.29, 0.717) is 5.82 Å². The van der Waals surface area contributed by atoms with Crippen LogP contribution in [0.4, 0.5) is 5.69 Å². The third-order valence-electron chi connectivity index (χ3n) is 4.47. The number of hydrogen-bond acceptors (Lipinski definition) is 3. The molecule has 5 heteroatoms. The van der Waals surface area contributed by atoms with E-state index >= 15 is 0 Å².